The number of H-pyrrole nitrogens is 1. The number of hydrogen-bond acceptors (Lipinski definition) is 3. The van der Waals surface area contributed by atoms with Crippen LogP contribution >= 0.6 is 0 Å². The van der Waals surface area contributed by atoms with E-state index in [2.05, 4.69) is 9.97 Å². The lowest BCUT2D eigenvalue weighted by Gasteiger charge is -2.27. The number of aromatic amines is 1. The summed E-state index contributed by atoms with van der Waals surface area (Å²) >= 11 is 0. The van der Waals surface area contributed by atoms with Crippen LogP contribution in [0.4, 0.5) is 13.2 Å². The number of amides is 1. The van der Waals surface area contributed by atoms with Crippen LogP contribution in [-0.4, -0.2) is 40.1 Å². The fourth-order valence-electron chi connectivity index (χ4n) is 2.68. The van der Waals surface area contributed by atoms with Crippen molar-refractivity contribution < 1.29 is 22.7 Å². The highest BCUT2D eigenvalue weighted by atomic mass is 19.4. The summed E-state index contributed by atoms with van der Waals surface area (Å²) in [6.07, 6.45) is -4.58. The van der Waals surface area contributed by atoms with Crippen molar-refractivity contribution in [3.05, 3.63) is 53.6 Å². The molecule has 3 rings (SSSR count). The van der Waals surface area contributed by atoms with Gasteiger partial charge in [0.2, 0.25) is 5.91 Å². The van der Waals surface area contributed by atoms with Gasteiger partial charge in [-0.25, -0.2) is 4.98 Å². The Morgan fingerprint density at radius 2 is 2.08 bits per heavy atom. The number of imidazole rings is 1. The van der Waals surface area contributed by atoms with Gasteiger partial charge in [-0.1, -0.05) is 30.3 Å². The van der Waals surface area contributed by atoms with Gasteiger partial charge in [-0.05, 0) is 5.56 Å². The Balaban J connectivity index is 1.64. The Hall–Kier alpha value is -2.35. The number of rotatable bonds is 4. The number of nitrogens with zero attached hydrogens (tertiary/aromatic N) is 2. The molecule has 0 saturated carbocycles. The molecule has 5 nitrogen and oxygen atoms in total. The normalized spacial score (nSPS) is 15.9. The predicted octanol–water partition coefficient (Wildman–Crippen LogP) is 2.61. The summed E-state index contributed by atoms with van der Waals surface area (Å²) in [6, 6.07) is 7.30. The van der Waals surface area contributed by atoms with Gasteiger partial charge in [0.15, 0.2) is 6.10 Å². The molecule has 1 atom stereocenters. The highest BCUT2D eigenvalue weighted by Gasteiger charge is 2.42. The molecule has 1 aliphatic heterocycles. The van der Waals surface area contributed by atoms with Gasteiger partial charge >= 0.3 is 6.18 Å². The SMILES string of the molecule is O=C(CO[C@H](c1ccccc1)C(F)(F)F)N1CCc2nc[nH]c2C1. The standard InChI is InChI=1S/C16H16F3N3O2/c17-16(18,19)15(11-4-2-1-3-5-11)24-9-14(23)22-7-6-12-13(8-22)21-10-20-12/h1-5,10,15H,6-9H2,(H,20,21)/t15-/m1/s1. The Labute approximate surface area is 136 Å². The summed E-state index contributed by atoms with van der Waals surface area (Å²) in [5.74, 6) is -0.472. The van der Waals surface area contributed by atoms with E-state index in [0.717, 1.165) is 11.4 Å². The van der Waals surface area contributed by atoms with E-state index < -0.39 is 24.8 Å². The first-order valence-electron chi connectivity index (χ1n) is 7.47. The molecule has 0 bridgehead atoms. The lowest BCUT2D eigenvalue weighted by atomic mass is 10.1. The first kappa shape index (κ1) is 16.5. The smallest absolute Gasteiger partial charge is 0.354 e. The quantitative estimate of drug-likeness (QED) is 0.932. The van der Waals surface area contributed by atoms with Crippen molar-refractivity contribution in [3.63, 3.8) is 0 Å². The number of alkyl halides is 3. The van der Waals surface area contributed by atoms with E-state index in [9.17, 15) is 18.0 Å². The third-order valence-corrected chi connectivity index (χ3v) is 3.90. The molecule has 1 aliphatic rings. The van der Waals surface area contributed by atoms with Crippen molar-refractivity contribution in [1.82, 2.24) is 14.9 Å². The highest BCUT2D eigenvalue weighted by Crippen LogP contribution is 2.35. The average molecular weight is 339 g/mol. The number of benzene rings is 1. The average Bonchev–Trinajstić information content (AvgIpc) is 3.02. The van der Waals surface area contributed by atoms with E-state index in [1.54, 1.807) is 12.4 Å². The molecule has 2 aromatic rings. The zero-order valence-corrected chi connectivity index (χ0v) is 12.7. The summed E-state index contributed by atoms with van der Waals surface area (Å²) in [4.78, 5) is 20.7. The van der Waals surface area contributed by atoms with E-state index in [1.807, 2.05) is 0 Å². The molecule has 0 radical (unpaired) electrons. The zero-order chi connectivity index (χ0) is 17.2. The topological polar surface area (TPSA) is 58.2 Å². The minimum absolute atomic E-state index is 0.0210. The molecule has 1 aromatic carbocycles. The van der Waals surface area contributed by atoms with Gasteiger partial charge in [0.25, 0.3) is 0 Å². The molecule has 24 heavy (non-hydrogen) atoms. The minimum Gasteiger partial charge on any atom is -0.354 e. The highest BCUT2D eigenvalue weighted by molar-refractivity contribution is 5.77. The molecule has 8 heteroatoms. The first-order chi connectivity index (χ1) is 11.4. The fraction of sp³-hybridized carbons (Fsp3) is 0.375. The summed E-state index contributed by atoms with van der Waals surface area (Å²) in [6.45, 7) is 0.101. The van der Waals surface area contributed by atoms with Gasteiger partial charge in [0.05, 0.1) is 24.3 Å². The van der Waals surface area contributed by atoms with Gasteiger partial charge in [-0.2, -0.15) is 13.2 Å². The van der Waals surface area contributed by atoms with Crippen LogP contribution in [0.5, 0.6) is 0 Å². The lowest BCUT2D eigenvalue weighted by Crippen LogP contribution is -2.39. The number of hydrogen-bond donors (Lipinski definition) is 1. The predicted molar refractivity (Wildman–Crippen MR) is 78.9 cm³/mol. The number of nitrogens with one attached hydrogen (secondary N) is 1. The fourth-order valence-corrected chi connectivity index (χ4v) is 2.68. The van der Waals surface area contributed by atoms with Crippen LogP contribution in [0.2, 0.25) is 0 Å². The maximum absolute atomic E-state index is 13.2. The molecule has 1 N–H and O–H groups in total. The largest absolute Gasteiger partial charge is 0.418 e. The maximum Gasteiger partial charge on any atom is 0.418 e. The molecule has 0 spiro atoms. The summed E-state index contributed by atoms with van der Waals surface area (Å²) in [5.41, 5.74) is 1.68. The van der Waals surface area contributed by atoms with Crippen LogP contribution in [0.25, 0.3) is 0 Å². The number of ether oxygens (including phenoxy) is 1. The number of halogens is 3. The van der Waals surface area contributed by atoms with Crippen molar-refractivity contribution in [2.45, 2.75) is 25.2 Å². The summed E-state index contributed by atoms with van der Waals surface area (Å²) < 4.78 is 44.5. The first-order valence-corrected chi connectivity index (χ1v) is 7.47. The molecule has 0 unspecified atom stereocenters. The molecule has 0 aliphatic carbocycles. The van der Waals surface area contributed by atoms with Gasteiger partial charge in [-0.3, -0.25) is 4.79 Å². The molecule has 128 valence electrons. The Kier molecular flexibility index (Phi) is 4.57. The van der Waals surface area contributed by atoms with Crippen LogP contribution in [0.1, 0.15) is 23.1 Å². The van der Waals surface area contributed by atoms with Crippen LogP contribution in [0.3, 0.4) is 0 Å². The molecule has 1 aromatic heterocycles. The van der Waals surface area contributed by atoms with Crippen LogP contribution in [0.15, 0.2) is 36.7 Å². The number of carbonyl (C=O) groups excluding carboxylic acids is 1. The van der Waals surface area contributed by atoms with Gasteiger partial charge in [0.1, 0.15) is 6.61 Å². The van der Waals surface area contributed by atoms with Crippen molar-refractivity contribution in [3.8, 4) is 0 Å². The van der Waals surface area contributed by atoms with Gasteiger partial charge in [-0.15, -0.1) is 0 Å². The third kappa shape index (κ3) is 3.59. The van der Waals surface area contributed by atoms with Crippen molar-refractivity contribution >= 4 is 5.91 Å². The molecular formula is C16H16F3N3O2. The number of aromatic nitrogens is 2. The van der Waals surface area contributed by atoms with Gasteiger partial charge < -0.3 is 14.6 Å². The third-order valence-electron chi connectivity index (χ3n) is 3.90. The monoisotopic (exact) mass is 339 g/mol. The van der Waals surface area contributed by atoms with E-state index in [1.165, 1.54) is 29.2 Å². The molecular weight excluding hydrogens is 323 g/mol. The van der Waals surface area contributed by atoms with E-state index in [0.29, 0.717) is 19.5 Å². The van der Waals surface area contributed by atoms with E-state index >= 15 is 0 Å². The summed E-state index contributed by atoms with van der Waals surface area (Å²) in [5, 5.41) is 0. The number of fused-ring (bicyclic) bond motifs is 1. The summed E-state index contributed by atoms with van der Waals surface area (Å²) in [7, 11) is 0. The Morgan fingerprint density at radius 3 is 2.79 bits per heavy atom. The second-order valence-electron chi connectivity index (χ2n) is 5.54. The van der Waals surface area contributed by atoms with Crippen molar-refractivity contribution in [2.75, 3.05) is 13.2 Å². The zero-order valence-electron chi connectivity index (χ0n) is 12.7. The molecule has 0 saturated heterocycles. The molecule has 1 amide bonds. The maximum atomic E-state index is 13.2. The van der Waals surface area contributed by atoms with Crippen LogP contribution in [0, 0.1) is 0 Å². The Bertz CT molecular complexity index is 700. The molecule has 0 fully saturated rings. The van der Waals surface area contributed by atoms with E-state index in [4.69, 9.17) is 4.74 Å². The minimum atomic E-state index is -4.58. The van der Waals surface area contributed by atoms with Crippen LogP contribution < -0.4 is 0 Å². The van der Waals surface area contributed by atoms with E-state index in [-0.39, 0.29) is 5.56 Å². The van der Waals surface area contributed by atoms with Crippen LogP contribution in [-0.2, 0) is 22.5 Å². The van der Waals surface area contributed by atoms with Crippen molar-refractivity contribution in [2.24, 2.45) is 0 Å². The molecule has 2 heterocycles. The second-order valence-corrected chi connectivity index (χ2v) is 5.54. The van der Waals surface area contributed by atoms with Crippen molar-refractivity contribution in [1.29, 1.82) is 0 Å². The Morgan fingerprint density at radius 1 is 1.33 bits per heavy atom. The second kappa shape index (κ2) is 6.64. The number of carbonyl (C=O) groups is 1. The lowest BCUT2D eigenvalue weighted by molar-refractivity contribution is -0.224. The van der Waals surface area contributed by atoms with Gasteiger partial charge in [0, 0.05) is 13.0 Å².